The van der Waals surface area contributed by atoms with Crippen molar-refractivity contribution in [2.24, 2.45) is 5.41 Å². The molecule has 26 heavy (non-hydrogen) atoms. The van der Waals surface area contributed by atoms with E-state index in [1.807, 2.05) is 18.2 Å². The van der Waals surface area contributed by atoms with Gasteiger partial charge in [-0.25, -0.2) is 0 Å². The molecule has 0 saturated heterocycles. The Morgan fingerprint density at radius 1 is 1.19 bits per heavy atom. The second-order valence-electron chi connectivity index (χ2n) is 7.83. The van der Waals surface area contributed by atoms with E-state index in [0.717, 1.165) is 44.2 Å². The van der Waals surface area contributed by atoms with Gasteiger partial charge in [0.2, 0.25) is 6.79 Å². The van der Waals surface area contributed by atoms with Crippen LogP contribution in [-0.4, -0.2) is 12.6 Å². The number of nitrogens with one attached hydrogen (secondary N) is 1. The number of Topliss-reactive ketones (excluding diaryl/α,β-unsaturated/α-hetero) is 1. The summed E-state index contributed by atoms with van der Waals surface area (Å²) in [6.45, 7) is 4.55. The van der Waals surface area contributed by atoms with Gasteiger partial charge in [0, 0.05) is 34.3 Å². The van der Waals surface area contributed by atoms with E-state index in [-0.39, 0.29) is 23.9 Å². The molecule has 5 rings (SSSR count). The number of hydrogen-bond acceptors (Lipinski definition) is 5. The van der Waals surface area contributed by atoms with Gasteiger partial charge in [0.05, 0.1) is 9.70 Å². The number of benzene rings is 1. The van der Waals surface area contributed by atoms with Crippen LogP contribution in [0.1, 0.15) is 43.0 Å². The molecular weight excluding hydrogens is 414 g/mol. The average molecular weight is 432 g/mol. The van der Waals surface area contributed by atoms with Crippen molar-refractivity contribution in [3.05, 3.63) is 49.8 Å². The zero-order valence-electron chi connectivity index (χ0n) is 14.5. The van der Waals surface area contributed by atoms with Gasteiger partial charge < -0.3 is 14.8 Å². The summed E-state index contributed by atoms with van der Waals surface area (Å²) in [5.74, 6) is 1.68. The largest absolute Gasteiger partial charge is 0.454 e. The monoisotopic (exact) mass is 431 g/mol. The summed E-state index contributed by atoms with van der Waals surface area (Å²) in [7, 11) is 0. The number of thiophene rings is 1. The Kier molecular flexibility index (Phi) is 3.53. The standard InChI is InChI=1S/C20H18BrNO3S/c1-20(2)7-12-19(13(23)8-20)18(16-3-4-17(21)26-16)10-5-14-15(25-9-24-14)6-11(10)22-12/h3-6,18,22H,7-9H2,1-2H3/t18-/m0/s1. The molecule has 0 amide bonds. The van der Waals surface area contributed by atoms with E-state index in [9.17, 15) is 4.79 Å². The normalized spacial score (nSPS) is 22.7. The topological polar surface area (TPSA) is 47.6 Å². The highest BCUT2D eigenvalue weighted by molar-refractivity contribution is 9.11. The Hall–Kier alpha value is -1.79. The Morgan fingerprint density at radius 2 is 1.96 bits per heavy atom. The van der Waals surface area contributed by atoms with Crippen molar-refractivity contribution in [2.75, 3.05) is 12.1 Å². The van der Waals surface area contributed by atoms with E-state index >= 15 is 0 Å². The first-order chi connectivity index (χ1) is 12.4. The molecule has 1 atom stereocenters. The fourth-order valence-electron chi connectivity index (χ4n) is 4.18. The third-order valence-corrected chi connectivity index (χ3v) is 6.92. The van der Waals surface area contributed by atoms with Crippen molar-refractivity contribution in [1.29, 1.82) is 0 Å². The lowest BCUT2D eigenvalue weighted by molar-refractivity contribution is -0.118. The zero-order chi connectivity index (χ0) is 18.1. The van der Waals surface area contributed by atoms with Gasteiger partial charge in [-0.1, -0.05) is 13.8 Å². The minimum atomic E-state index is -0.0596. The van der Waals surface area contributed by atoms with Gasteiger partial charge >= 0.3 is 0 Å². The molecule has 3 heterocycles. The van der Waals surface area contributed by atoms with Crippen LogP contribution in [-0.2, 0) is 4.79 Å². The zero-order valence-corrected chi connectivity index (χ0v) is 16.9. The summed E-state index contributed by atoms with van der Waals surface area (Å²) < 4.78 is 12.2. The maximum Gasteiger partial charge on any atom is 0.231 e. The van der Waals surface area contributed by atoms with Crippen LogP contribution in [0.5, 0.6) is 11.5 Å². The van der Waals surface area contributed by atoms with Crippen LogP contribution in [0.2, 0.25) is 0 Å². The quantitative estimate of drug-likeness (QED) is 0.652. The van der Waals surface area contributed by atoms with Crippen molar-refractivity contribution in [3.8, 4) is 11.5 Å². The highest BCUT2D eigenvalue weighted by Crippen LogP contribution is 2.52. The van der Waals surface area contributed by atoms with Crippen LogP contribution in [0.25, 0.3) is 0 Å². The van der Waals surface area contributed by atoms with E-state index in [0.29, 0.717) is 6.42 Å². The maximum atomic E-state index is 13.1. The second kappa shape index (κ2) is 5.60. The highest BCUT2D eigenvalue weighted by Gasteiger charge is 2.41. The van der Waals surface area contributed by atoms with E-state index in [1.54, 1.807) is 11.3 Å². The number of ketones is 1. The maximum absolute atomic E-state index is 13.1. The van der Waals surface area contributed by atoms with Gasteiger partial charge in [-0.3, -0.25) is 4.79 Å². The molecule has 0 radical (unpaired) electrons. The van der Waals surface area contributed by atoms with Gasteiger partial charge in [0.15, 0.2) is 17.3 Å². The third-order valence-electron chi connectivity index (χ3n) is 5.23. The Labute approximate surface area is 164 Å². The number of ether oxygens (including phenoxy) is 2. The fraction of sp³-hybridized carbons (Fsp3) is 0.350. The molecule has 2 aliphatic heterocycles. The van der Waals surface area contributed by atoms with Gasteiger partial charge in [-0.15, -0.1) is 11.3 Å². The van der Waals surface area contributed by atoms with Crippen LogP contribution < -0.4 is 14.8 Å². The summed E-state index contributed by atoms with van der Waals surface area (Å²) in [6.07, 6.45) is 1.45. The van der Waals surface area contributed by atoms with Crippen LogP contribution in [0.4, 0.5) is 5.69 Å². The van der Waals surface area contributed by atoms with E-state index in [4.69, 9.17) is 9.47 Å². The highest BCUT2D eigenvalue weighted by atomic mass is 79.9. The molecule has 134 valence electrons. The number of fused-ring (bicyclic) bond motifs is 2. The molecule has 0 fully saturated rings. The predicted octanol–water partition coefficient (Wildman–Crippen LogP) is 5.44. The first-order valence-corrected chi connectivity index (χ1v) is 10.2. The molecule has 0 spiro atoms. The average Bonchev–Trinajstić information content (AvgIpc) is 3.18. The summed E-state index contributed by atoms with van der Waals surface area (Å²) in [5, 5.41) is 3.54. The summed E-state index contributed by atoms with van der Waals surface area (Å²) in [5.41, 5.74) is 4.01. The fourth-order valence-corrected chi connectivity index (χ4v) is 5.74. The number of rotatable bonds is 1. The molecule has 4 nitrogen and oxygen atoms in total. The lowest BCUT2D eigenvalue weighted by Crippen LogP contribution is -2.33. The number of hydrogen-bond donors (Lipinski definition) is 1. The minimum absolute atomic E-state index is 0.0304. The number of halogens is 1. The summed E-state index contributed by atoms with van der Waals surface area (Å²) in [6, 6.07) is 8.19. The van der Waals surface area contributed by atoms with Gasteiger partial charge in [-0.05, 0) is 51.5 Å². The summed E-state index contributed by atoms with van der Waals surface area (Å²) >= 11 is 5.25. The molecule has 1 aromatic heterocycles. The molecule has 0 unspecified atom stereocenters. The summed E-state index contributed by atoms with van der Waals surface area (Å²) in [4.78, 5) is 14.3. The molecule has 3 aliphatic rings. The molecule has 1 N–H and O–H groups in total. The van der Waals surface area contributed by atoms with Crippen LogP contribution in [0, 0.1) is 5.41 Å². The Morgan fingerprint density at radius 3 is 2.69 bits per heavy atom. The first-order valence-electron chi connectivity index (χ1n) is 8.63. The van der Waals surface area contributed by atoms with Crippen molar-refractivity contribution in [2.45, 2.75) is 32.6 Å². The van der Waals surface area contributed by atoms with Crippen LogP contribution in [0.3, 0.4) is 0 Å². The van der Waals surface area contributed by atoms with Crippen LogP contribution in [0.15, 0.2) is 39.3 Å². The van der Waals surface area contributed by atoms with Gasteiger partial charge in [0.25, 0.3) is 0 Å². The van der Waals surface area contributed by atoms with Crippen molar-refractivity contribution < 1.29 is 14.3 Å². The van der Waals surface area contributed by atoms with Crippen molar-refractivity contribution >= 4 is 38.7 Å². The molecule has 2 aromatic rings. The number of allylic oxidation sites excluding steroid dienone is 2. The molecule has 0 bridgehead atoms. The molecular formula is C20H18BrNO3S. The van der Waals surface area contributed by atoms with Gasteiger partial charge in [-0.2, -0.15) is 0 Å². The second-order valence-corrected chi connectivity index (χ2v) is 10.3. The van der Waals surface area contributed by atoms with Crippen molar-refractivity contribution in [1.82, 2.24) is 0 Å². The number of carbonyl (C=O) groups excluding carboxylic acids is 1. The smallest absolute Gasteiger partial charge is 0.231 e. The lowest BCUT2D eigenvalue weighted by Gasteiger charge is -2.39. The lowest BCUT2D eigenvalue weighted by atomic mass is 9.70. The van der Waals surface area contributed by atoms with E-state index in [1.165, 1.54) is 4.88 Å². The van der Waals surface area contributed by atoms with Crippen LogP contribution >= 0.6 is 27.3 Å². The number of anilines is 1. The third kappa shape index (κ3) is 2.50. The first kappa shape index (κ1) is 16.4. The predicted molar refractivity (Wildman–Crippen MR) is 105 cm³/mol. The molecule has 6 heteroatoms. The Bertz CT molecular complexity index is 975. The van der Waals surface area contributed by atoms with Gasteiger partial charge in [0.1, 0.15) is 0 Å². The number of carbonyl (C=O) groups is 1. The SMILES string of the molecule is CC1(C)CC(=O)C2=C(C1)Nc1cc3c(cc1[C@H]2c1ccc(Br)s1)OCO3. The van der Waals surface area contributed by atoms with E-state index < -0.39 is 0 Å². The Balaban J connectivity index is 1.73. The molecule has 0 saturated carbocycles. The van der Waals surface area contributed by atoms with Crippen molar-refractivity contribution in [3.63, 3.8) is 0 Å². The minimum Gasteiger partial charge on any atom is -0.454 e. The molecule has 1 aliphatic carbocycles. The molecule has 1 aromatic carbocycles. The van der Waals surface area contributed by atoms with E-state index in [2.05, 4.69) is 41.2 Å².